The largest absolute Gasteiger partial charge is 0.489 e. The molecule has 240 valence electrons. The van der Waals surface area contributed by atoms with Gasteiger partial charge in [-0.05, 0) is 52.0 Å². The highest BCUT2D eigenvalue weighted by Gasteiger charge is 2.29. The molecule has 45 heavy (non-hydrogen) atoms. The van der Waals surface area contributed by atoms with Crippen LogP contribution in [0.2, 0.25) is 5.02 Å². The van der Waals surface area contributed by atoms with Crippen LogP contribution < -0.4 is 15.2 Å². The summed E-state index contributed by atoms with van der Waals surface area (Å²) in [5.41, 5.74) is 6.95. The first-order valence-electron chi connectivity index (χ1n) is 14.3. The standard InChI is InChI=1S/C31H35ClN4O7S2/c1-18(21-7-6-8-24(27(21)32)42-19-11-13-35(14-12-19)30(38)43-31(2,3)4)41-25-16-26(44-28(25)29(33)37)36-17-34-22-10-9-20(15-23(22)36)45(5,39)40/h6-10,15-19H,11-14H2,1-5H3,(H2,33,37)/t18-/m1/s1. The third-order valence-corrected chi connectivity index (χ3v) is 9.86. The molecule has 1 aliphatic heterocycles. The molecule has 4 aromatic rings. The number of hydrogen-bond donors (Lipinski definition) is 1. The molecule has 2 amide bonds. The van der Waals surface area contributed by atoms with Gasteiger partial charge >= 0.3 is 6.09 Å². The van der Waals surface area contributed by atoms with Gasteiger partial charge in [0, 0.05) is 43.8 Å². The van der Waals surface area contributed by atoms with Gasteiger partial charge in [0.05, 0.1) is 21.0 Å². The van der Waals surface area contributed by atoms with Crippen LogP contribution in [0.15, 0.2) is 53.7 Å². The topological polar surface area (TPSA) is 143 Å². The Morgan fingerprint density at radius 3 is 2.47 bits per heavy atom. The third-order valence-electron chi connectivity index (χ3n) is 7.22. The fourth-order valence-electron chi connectivity index (χ4n) is 4.98. The number of carbonyl (C=O) groups is 2. The molecule has 0 bridgehead atoms. The Hall–Kier alpha value is -3.81. The molecule has 0 radical (unpaired) electrons. The molecular weight excluding hydrogens is 640 g/mol. The number of halogens is 1. The predicted molar refractivity (Wildman–Crippen MR) is 173 cm³/mol. The van der Waals surface area contributed by atoms with Crippen LogP contribution in [0.1, 0.15) is 61.9 Å². The molecule has 5 rings (SSSR count). The summed E-state index contributed by atoms with van der Waals surface area (Å²) in [7, 11) is -3.44. The van der Waals surface area contributed by atoms with Crippen molar-refractivity contribution in [1.29, 1.82) is 0 Å². The molecule has 2 N–H and O–H groups in total. The van der Waals surface area contributed by atoms with E-state index in [0.717, 1.165) is 17.6 Å². The van der Waals surface area contributed by atoms with Crippen LogP contribution in [0.25, 0.3) is 16.0 Å². The molecule has 11 nitrogen and oxygen atoms in total. The van der Waals surface area contributed by atoms with Crippen LogP contribution in [-0.4, -0.2) is 65.9 Å². The number of primary amides is 1. The second-order valence-electron chi connectivity index (χ2n) is 11.9. The van der Waals surface area contributed by atoms with Gasteiger partial charge in [-0.1, -0.05) is 23.7 Å². The van der Waals surface area contributed by atoms with E-state index in [4.69, 9.17) is 31.5 Å². The zero-order valence-corrected chi connectivity index (χ0v) is 28.0. The van der Waals surface area contributed by atoms with E-state index >= 15 is 0 Å². The van der Waals surface area contributed by atoms with Crippen LogP contribution >= 0.6 is 22.9 Å². The smallest absolute Gasteiger partial charge is 0.410 e. The number of amides is 2. The van der Waals surface area contributed by atoms with Crippen LogP contribution in [0.4, 0.5) is 4.79 Å². The van der Waals surface area contributed by atoms with Gasteiger partial charge in [-0.15, -0.1) is 11.3 Å². The SMILES string of the molecule is C[C@@H](Oc1cc(-n2cnc3ccc(S(C)(=O)=O)cc32)sc1C(N)=O)c1cccc(OC2CCN(C(=O)OC(C)(C)C)CC2)c1Cl. The summed E-state index contributed by atoms with van der Waals surface area (Å²) in [5.74, 6) is 0.0802. The maximum atomic E-state index is 12.4. The maximum Gasteiger partial charge on any atom is 0.410 e. The number of rotatable bonds is 8. The van der Waals surface area contributed by atoms with Crippen molar-refractivity contribution < 1.29 is 32.2 Å². The summed E-state index contributed by atoms with van der Waals surface area (Å²) in [4.78, 5) is 31.2. The molecule has 2 aromatic heterocycles. The first-order chi connectivity index (χ1) is 21.1. The van der Waals surface area contributed by atoms with E-state index in [2.05, 4.69) is 4.98 Å². The van der Waals surface area contributed by atoms with E-state index in [1.54, 1.807) is 40.9 Å². The number of benzene rings is 2. The maximum absolute atomic E-state index is 12.4. The number of carbonyl (C=O) groups excluding carboxylic acids is 2. The summed E-state index contributed by atoms with van der Waals surface area (Å²) in [6.07, 6.45) is 2.88. The molecule has 14 heteroatoms. The minimum atomic E-state index is -3.44. The van der Waals surface area contributed by atoms with Crippen molar-refractivity contribution in [1.82, 2.24) is 14.5 Å². The minimum absolute atomic E-state index is 0.137. The second kappa shape index (κ2) is 12.5. The van der Waals surface area contributed by atoms with Gasteiger partial charge in [0.15, 0.2) is 9.84 Å². The van der Waals surface area contributed by atoms with Crippen molar-refractivity contribution >= 4 is 55.8 Å². The second-order valence-corrected chi connectivity index (χ2v) is 15.3. The fraction of sp³-hybridized carbons (Fsp3) is 0.387. The highest BCUT2D eigenvalue weighted by atomic mass is 35.5. The predicted octanol–water partition coefficient (Wildman–Crippen LogP) is 6.16. The quantitative estimate of drug-likeness (QED) is 0.234. The number of likely N-dealkylation sites (tertiary alicyclic amines) is 1. The number of piperidine rings is 1. The normalized spacial score (nSPS) is 15.2. The van der Waals surface area contributed by atoms with Crippen molar-refractivity contribution in [2.45, 2.75) is 63.2 Å². The van der Waals surface area contributed by atoms with Gasteiger partial charge in [0.25, 0.3) is 5.91 Å². The minimum Gasteiger partial charge on any atom is -0.489 e. The summed E-state index contributed by atoms with van der Waals surface area (Å²) in [6, 6.07) is 11.8. The van der Waals surface area contributed by atoms with Crippen molar-refractivity contribution in [3.63, 3.8) is 0 Å². The Balaban J connectivity index is 1.33. The number of nitrogens with two attached hydrogens (primary N) is 1. The molecule has 3 heterocycles. The highest BCUT2D eigenvalue weighted by Crippen LogP contribution is 2.39. The number of sulfone groups is 1. The lowest BCUT2D eigenvalue weighted by Crippen LogP contribution is -2.44. The van der Waals surface area contributed by atoms with Crippen molar-refractivity contribution in [3.05, 3.63) is 64.3 Å². The van der Waals surface area contributed by atoms with Crippen molar-refractivity contribution in [2.75, 3.05) is 19.3 Å². The van der Waals surface area contributed by atoms with E-state index < -0.39 is 27.4 Å². The van der Waals surface area contributed by atoms with Gasteiger partial charge in [-0.2, -0.15) is 0 Å². The zero-order chi connectivity index (χ0) is 32.7. The monoisotopic (exact) mass is 674 g/mol. The zero-order valence-electron chi connectivity index (χ0n) is 25.6. The molecule has 0 spiro atoms. The lowest BCUT2D eigenvalue weighted by atomic mass is 10.1. The average Bonchev–Trinajstić information content (AvgIpc) is 3.57. The number of ether oxygens (including phenoxy) is 3. The van der Waals surface area contributed by atoms with E-state index in [1.807, 2.05) is 32.9 Å². The Morgan fingerprint density at radius 1 is 1.11 bits per heavy atom. The molecule has 0 unspecified atom stereocenters. The highest BCUT2D eigenvalue weighted by molar-refractivity contribution is 7.90. The Labute approximate surface area is 270 Å². The number of nitrogens with zero attached hydrogens (tertiary/aromatic N) is 3. The molecule has 2 aromatic carbocycles. The summed E-state index contributed by atoms with van der Waals surface area (Å²) >= 11 is 7.91. The van der Waals surface area contributed by atoms with Crippen LogP contribution in [-0.2, 0) is 14.6 Å². The van der Waals surface area contributed by atoms with Crippen LogP contribution in [0.5, 0.6) is 11.5 Å². The summed E-state index contributed by atoms with van der Waals surface area (Å²) < 4.78 is 44.0. The molecule has 1 fully saturated rings. The summed E-state index contributed by atoms with van der Waals surface area (Å²) in [5, 5.41) is 0.949. The molecule has 1 atom stereocenters. The van der Waals surface area contributed by atoms with E-state index in [-0.39, 0.29) is 27.7 Å². The van der Waals surface area contributed by atoms with Gasteiger partial charge < -0.3 is 24.8 Å². The number of imidazole rings is 1. The van der Waals surface area contributed by atoms with E-state index in [1.165, 1.54) is 12.1 Å². The molecular formula is C31H35ClN4O7S2. The van der Waals surface area contributed by atoms with E-state index in [0.29, 0.717) is 58.3 Å². The number of fused-ring (bicyclic) bond motifs is 1. The van der Waals surface area contributed by atoms with E-state index in [9.17, 15) is 18.0 Å². The van der Waals surface area contributed by atoms with Crippen molar-refractivity contribution in [2.24, 2.45) is 5.73 Å². The third kappa shape index (κ3) is 7.37. The van der Waals surface area contributed by atoms with Gasteiger partial charge in [-0.3, -0.25) is 9.36 Å². The fourth-order valence-corrected chi connectivity index (χ4v) is 6.87. The molecule has 1 aliphatic rings. The Morgan fingerprint density at radius 2 is 1.82 bits per heavy atom. The molecule has 0 saturated carbocycles. The average molecular weight is 675 g/mol. The van der Waals surface area contributed by atoms with Gasteiger partial charge in [0.2, 0.25) is 0 Å². The first-order valence-corrected chi connectivity index (χ1v) is 17.4. The lowest BCUT2D eigenvalue weighted by molar-refractivity contribution is 0.0126. The van der Waals surface area contributed by atoms with Crippen LogP contribution in [0.3, 0.4) is 0 Å². The van der Waals surface area contributed by atoms with Gasteiger partial charge in [-0.25, -0.2) is 18.2 Å². The lowest BCUT2D eigenvalue weighted by Gasteiger charge is -2.33. The summed E-state index contributed by atoms with van der Waals surface area (Å²) in [6.45, 7) is 8.34. The molecule has 0 aliphatic carbocycles. The molecule has 1 saturated heterocycles. The number of hydrogen-bond acceptors (Lipinski definition) is 9. The van der Waals surface area contributed by atoms with Gasteiger partial charge in [0.1, 0.15) is 45.5 Å². The number of thiophene rings is 1. The Kier molecular flexibility index (Phi) is 9.07. The number of aromatic nitrogens is 2. The van der Waals surface area contributed by atoms with Crippen LogP contribution in [0, 0.1) is 0 Å². The first kappa shape index (κ1) is 32.6. The Bertz CT molecular complexity index is 1850. The van der Waals surface area contributed by atoms with Crippen molar-refractivity contribution in [3.8, 4) is 16.5 Å².